The zero-order valence-corrected chi connectivity index (χ0v) is 19.6. The molecule has 13 heteroatoms. The predicted molar refractivity (Wildman–Crippen MR) is 128 cm³/mol. The molecule has 0 aliphatic carbocycles. The number of phenols is 1. The van der Waals surface area contributed by atoms with Crippen molar-refractivity contribution >= 4 is 21.9 Å². The second-order valence-corrected chi connectivity index (χ2v) is 8.44. The smallest absolute Gasteiger partial charge is 0.379 e. The molecule has 0 amide bonds. The van der Waals surface area contributed by atoms with Crippen LogP contribution in [-0.4, -0.2) is 70.0 Å². The summed E-state index contributed by atoms with van der Waals surface area (Å²) in [6.07, 6.45) is -8.14. The number of benzene rings is 2. The van der Waals surface area contributed by atoms with Gasteiger partial charge < -0.3 is 53.3 Å². The Morgan fingerprint density at radius 1 is 0.895 bits per heavy atom. The van der Waals surface area contributed by atoms with Crippen LogP contribution in [0.1, 0.15) is 0 Å². The van der Waals surface area contributed by atoms with E-state index in [0.717, 1.165) is 0 Å². The van der Waals surface area contributed by atoms with Crippen LogP contribution in [0.25, 0.3) is 21.9 Å². The molecular weight excluding hydrogens is 508 g/mol. The molecule has 5 rings (SSSR count). The zero-order chi connectivity index (χ0) is 27.1. The third-order valence-electron chi connectivity index (χ3n) is 6.01. The van der Waals surface area contributed by atoms with Crippen molar-refractivity contribution in [2.24, 2.45) is 0 Å². The highest BCUT2D eigenvalue weighted by Gasteiger charge is 2.45. The van der Waals surface area contributed by atoms with Crippen molar-refractivity contribution in [1.82, 2.24) is 0 Å². The summed E-state index contributed by atoms with van der Waals surface area (Å²) < 4.78 is 32.2. The fourth-order valence-corrected chi connectivity index (χ4v) is 4.03. The number of hydrogen-bond acceptors (Lipinski definition) is 13. The highest BCUT2D eigenvalue weighted by Crippen LogP contribution is 2.44. The Labute approximate surface area is 212 Å². The Morgan fingerprint density at radius 2 is 1.63 bits per heavy atom. The number of aliphatic hydroxyl groups is 4. The molecule has 3 heterocycles. The normalized spacial score (nSPS) is 23.4. The third kappa shape index (κ3) is 4.53. The maximum absolute atomic E-state index is 12.8. The number of hydrogen-bond donors (Lipinski definition) is 5. The molecule has 1 aliphatic rings. The first-order valence-electron chi connectivity index (χ1n) is 11.3. The van der Waals surface area contributed by atoms with Gasteiger partial charge in [0.1, 0.15) is 35.7 Å². The summed E-state index contributed by atoms with van der Waals surface area (Å²) in [7, 11) is 1.26. The van der Waals surface area contributed by atoms with Gasteiger partial charge in [0.15, 0.2) is 11.3 Å². The quantitative estimate of drug-likeness (QED) is 0.217. The molecule has 1 aliphatic heterocycles. The number of rotatable bonds is 6. The number of fused-ring (bicyclic) bond motifs is 2. The maximum atomic E-state index is 12.8. The molecule has 0 bridgehead atoms. The minimum atomic E-state index is -1.80. The van der Waals surface area contributed by atoms with E-state index in [1.165, 1.54) is 31.4 Å². The molecule has 0 spiro atoms. The summed E-state index contributed by atoms with van der Waals surface area (Å²) in [4.78, 5) is 24.3. The minimum Gasteiger partial charge on any atom is -0.502 e. The van der Waals surface area contributed by atoms with Crippen LogP contribution in [0, 0.1) is 0 Å². The van der Waals surface area contributed by atoms with Crippen LogP contribution in [0.5, 0.6) is 28.7 Å². The van der Waals surface area contributed by atoms with Gasteiger partial charge in [0.25, 0.3) is 0 Å². The van der Waals surface area contributed by atoms with Gasteiger partial charge in [-0.15, -0.1) is 0 Å². The van der Waals surface area contributed by atoms with Gasteiger partial charge in [-0.1, -0.05) is 0 Å². The highest BCUT2D eigenvalue weighted by molar-refractivity contribution is 5.88. The SMILES string of the molecule is COc1cc2cc(Oc3ccc4ccc(=O)oc4c3)c(=O)oc2c(O[C@@H]2O[C@H](CO)[C@@H](O)[C@H](O)[C@H]2O)c1O. The molecule has 38 heavy (non-hydrogen) atoms. The number of phenolic OH excluding ortho intramolecular Hbond substituents is 1. The topological polar surface area (TPSA) is 198 Å². The monoisotopic (exact) mass is 530 g/mol. The lowest BCUT2D eigenvalue weighted by molar-refractivity contribution is -0.277. The molecular formula is C25H22O13. The van der Waals surface area contributed by atoms with Crippen LogP contribution in [0.4, 0.5) is 0 Å². The van der Waals surface area contributed by atoms with Gasteiger partial charge >= 0.3 is 11.3 Å². The minimum absolute atomic E-state index is 0.107. The molecule has 0 saturated carbocycles. The van der Waals surface area contributed by atoms with E-state index < -0.39 is 60.1 Å². The molecule has 4 aromatic rings. The van der Waals surface area contributed by atoms with E-state index in [0.29, 0.717) is 5.39 Å². The van der Waals surface area contributed by atoms with E-state index >= 15 is 0 Å². The number of aliphatic hydroxyl groups excluding tert-OH is 4. The molecule has 2 aromatic heterocycles. The molecule has 5 N–H and O–H groups in total. The van der Waals surface area contributed by atoms with Crippen molar-refractivity contribution in [3.05, 3.63) is 63.3 Å². The molecule has 200 valence electrons. The zero-order valence-electron chi connectivity index (χ0n) is 19.6. The van der Waals surface area contributed by atoms with Crippen molar-refractivity contribution < 1.29 is 53.3 Å². The molecule has 2 aromatic carbocycles. The molecule has 1 fully saturated rings. The third-order valence-corrected chi connectivity index (χ3v) is 6.01. The summed E-state index contributed by atoms with van der Waals surface area (Å²) in [5, 5.41) is 51.3. The van der Waals surface area contributed by atoms with Crippen molar-refractivity contribution in [2.75, 3.05) is 13.7 Å². The van der Waals surface area contributed by atoms with Gasteiger partial charge in [-0.3, -0.25) is 0 Å². The standard InChI is InChI=1S/C25H22O13/c1-33-14-6-11-7-15(34-12-4-2-10-3-5-17(27)35-13(10)8-12)24(32)37-22(11)23(19(14)29)38-25-21(31)20(30)18(28)16(9-26)36-25/h2-8,16,18,20-21,25-26,28-31H,9H2,1H3/t16-,18-,20+,21-,25+/m1/s1. The van der Waals surface area contributed by atoms with Gasteiger partial charge in [-0.25, -0.2) is 9.59 Å². The molecule has 1 saturated heterocycles. The average molecular weight is 530 g/mol. The molecule has 13 nitrogen and oxygen atoms in total. The van der Waals surface area contributed by atoms with Crippen molar-refractivity contribution in [1.29, 1.82) is 0 Å². The summed E-state index contributed by atoms with van der Waals surface area (Å²) >= 11 is 0. The molecule has 0 unspecified atom stereocenters. The Morgan fingerprint density at radius 3 is 2.37 bits per heavy atom. The van der Waals surface area contributed by atoms with Gasteiger partial charge in [-0.2, -0.15) is 0 Å². The number of aromatic hydroxyl groups is 1. The summed E-state index contributed by atoms with van der Waals surface area (Å²) in [5.41, 5.74) is -1.57. The van der Waals surface area contributed by atoms with Crippen molar-refractivity contribution in [2.45, 2.75) is 30.7 Å². The fraction of sp³-hybridized carbons (Fsp3) is 0.280. The van der Waals surface area contributed by atoms with Gasteiger partial charge in [0.05, 0.1) is 13.7 Å². The number of ether oxygens (including phenoxy) is 4. The van der Waals surface area contributed by atoms with Crippen molar-refractivity contribution in [3.63, 3.8) is 0 Å². The second kappa shape index (κ2) is 9.96. The molecule has 0 radical (unpaired) electrons. The van der Waals surface area contributed by atoms with Crippen LogP contribution >= 0.6 is 0 Å². The molecule has 5 atom stereocenters. The number of methoxy groups -OCH3 is 1. The van der Waals surface area contributed by atoms with Gasteiger partial charge in [0.2, 0.25) is 23.5 Å². The van der Waals surface area contributed by atoms with Crippen molar-refractivity contribution in [3.8, 4) is 28.7 Å². The Bertz CT molecular complexity index is 1610. The van der Waals surface area contributed by atoms with Crippen LogP contribution in [-0.2, 0) is 4.74 Å². The van der Waals surface area contributed by atoms with E-state index in [2.05, 4.69) is 0 Å². The van der Waals surface area contributed by atoms with E-state index in [4.69, 9.17) is 27.8 Å². The average Bonchev–Trinajstić information content (AvgIpc) is 2.90. The van der Waals surface area contributed by atoms with Crippen LogP contribution < -0.4 is 25.5 Å². The first kappa shape index (κ1) is 25.5. The Kier molecular flexibility index (Phi) is 6.69. The van der Waals surface area contributed by atoms with Crippen LogP contribution in [0.2, 0.25) is 0 Å². The largest absolute Gasteiger partial charge is 0.502 e. The lowest BCUT2D eigenvalue weighted by Crippen LogP contribution is -2.60. The van der Waals surface area contributed by atoms with E-state index in [9.17, 15) is 35.1 Å². The fourth-order valence-electron chi connectivity index (χ4n) is 4.03. The van der Waals surface area contributed by atoms with E-state index in [1.807, 2.05) is 0 Å². The summed E-state index contributed by atoms with van der Waals surface area (Å²) in [6.45, 7) is -0.705. The highest BCUT2D eigenvalue weighted by atomic mass is 16.7. The first-order chi connectivity index (χ1) is 18.2. The Balaban J connectivity index is 1.54. The summed E-state index contributed by atoms with van der Waals surface area (Å²) in [5.74, 6) is -1.29. The second-order valence-electron chi connectivity index (χ2n) is 8.44. The van der Waals surface area contributed by atoms with Gasteiger partial charge in [0, 0.05) is 22.9 Å². The Hall–Kier alpha value is -4.14. The van der Waals surface area contributed by atoms with Crippen LogP contribution in [0.15, 0.2) is 60.9 Å². The van der Waals surface area contributed by atoms with Crippen LogP contribution in [0.3, 0.4) is 0 Å². The maximum Gasteiger partial charge on any atom is 0.379 e. The van der Waals surface area contributed by atoms with E-state index in [1.54, 1.807) is 18.2 Å². The van der Waals surface area contributed by atoms with Gasteiger partial charge in [-0.05, 0) is 30.3 Å². The first-order valence-corrected chi connectivity index (χ1v) is 11.3. The lowest BCUT2D eigenvalue weighted by Gasteiger charge is -2.39. The summed E-state index contributed by atoms with van der Waals surface area (Å²) in [6, 6.07) is 10.1. The lowest BCUT2D eigenvalue weighted by atomic mass is 9.99. The predicted octanol–water partition coefficient (Wildman–Crippen LogP) is 0.585. The van der Waals surface area contributed by atoms with E-state index in [-0.39, 0.29) is 33.8 Å².